The molecule has 1 N–H and O–H groups in total. The molecule has 0 fully saturated rings. The molecule has 4 aromatic rings. The molecule has 0 bridgehead atoms. The van der Waals surface area contributed by atoms with E-state index in [2.05, 4.69) is 25.2 Å². The van der Waals surface area contributed by atoms with Crippen molar-refractivity contribution in [2.24, 2.45) is 0 Å². The van der Waals surface area contributed by atoms with Crippen LogP contribution in [0.2, 0.25) is 0 Å². The topological polar surface area (TPSA) is 99.4 Å². The van der Waals surface area contributed by atoms with Crippen molar-refractivity contribution in [2.45, 2.75) is 13.5 Å². The number of aryl methyl sites for hydroxylation is 1. The van der Waals surface area contributed by atoms with Gasteiger partial charge < -0.3 is 19.3 Å². The van der Waals surface area contributed by atoms with E-state index in [0.717, 1.165) is 5.56 Å². The highest BCUT2D eigenvalue weighted by molar-refractivity contribution is 6.09. The Labute approximate surface area is 187 Å². The van der Waals surface area contributed by atoms with E-state index in [1.165, 1.54) is 25.6 Å². The van der Waals surface area contributed by atoms with Crippen LogP contribution in [0.3, 0.4) is 0 Å². The average Bonchev–Trinajstić information content (AvgIpc) is 3.21. The molecular formula is C23H18F2N4O4. The molecule has 3 aromatic heterocycles. The zero-order valence-corrected chi connectivity index (χ0v) is 17.6. The molecule has 10 heteroatoms. The lowest BCUT2D eigenvalue weighted by atomic mass is 10.1. The third-order valence-electron chi connectivity index (χ3n) is 4.67. The summed E-state index contributed by atoms with van der Waals surface area (Å²) in [5, 5.41) is 6.78. The fraction of sp³-hybridized carbons (Fsp3) is 0.130. The fourth-order valence-corrected chi connectivity index (χ4v) is 3.20. The molecular weight excluding hydrogens is 434 g/mol. The molecule has 0 unspecified atom stereocenters. The molecule has 4 rings (SSSR count). The number of carbonyl (C=O) groups excluding carboxylic acids is 1. The van der Waals surface area contributed by atoms with E-state index < -0.39 is 12.5 Å². The predicted octanol–water partition coefficient (Wildman–Crippen LogP) is 4.97. The maximum atomic E-state index is 13.1. The Bertz CT molecular complexity index is 1280. The maximum absolute atomic E-state index is 13.1. The standard InChI is InChI=1S/C23H18F2N4O4/c1-13-19(20(29-33-13)14-6-4-3-5-7-14)21(30)27-18-9-8-17(28-22(18)31-2)15-10-16(12-26-11-15)32-23(24)25/h3-12,23H,1-2H3,(H,27,30). The first-order chi connectivity index (χ1) is 16.0. The van der Waals surface area contributed by atoms with Crippen molar-refractivity contribution >= 4 is 11.6 Å². The van der Waals surface area contributed by atoms with Crippen LogP contribution in [0.4, 0.5) is 14.5 Å². The quantitative estimate of drug-likeness (QED) is 0.423. The number of amides is 1. The van der Waals surface area contributed by atoms with Gasteiger partial charge in [0.1, 0.15) is 28.5 Å². The summed E-state index contributed by atoms with van der Waals surface area (Å²) >= 11 is 0. The van der Waals surface area contributed by atoms with Gasteiger partial charge in [0, 0.05) is 17.3 Å². The SMILES string of the molecule is COc1nc(-c2cncc(OC(F)F)c2)ccc1NC(=O)c1c(-c2ccccc2)noc1C. The minimum Gasteiger partial charge on any atom is -0.479 e. The average molecular weight is 452 g/mol. The van der Waals surface area contributed by atoms with E-state index in [-0.39, 0.29) is 17.2 Å². The second-order valence-corrected chi connectivity index (χ2v) is 6.82. The number of methoxy groups -OCH3 is 1. The van der Waals surface area contributed by atoms with E-state index in [9.17, 15) is 13.6 Å². The molecule has 0 saturated carbocycles. The smallest absolute Gasteiger partial charge is 0.387 e. The monoisotopic (exact) mass is 452 g/mol. The third kappa shape index (κ3) is 4.79. The molecule has 0 saturated heterocycles. The number of alkyl halides is 2. The summed E-state index contributed by atoms with van der Waals surface area (Å²) in [5.41, 5.74) is 2.57. The van der Waals surface area contributed by atoms with Crippen LogP contribution in [0.1, 0.15) is 16.1 Å². The van der Waals surface area contributed by atoms with Gasteiger partial charge in [0.2, 0.25) is 5.88 Å². The van der Waals surface area contributed by atoms with Gasteiger partial charge in [-0.05, 0) is 25.1 Å². The summed E-state index contributed by atoms with van der Waals surface area (Å²) in [7, 11) is 1.40. The van der Waals surface area contributed by atoms with Crippen molar-refractivity contribution in [3.05, 3.63) is 72.2 Å². The zero-order valence-electron chi connectivity index (χ0n) is 17.6. The Morgan fingerprint density at radius 1 is 1.09 bits per heavy atom. The highest BCUT2D eigenvalue weighted by Gasteiger charge is 2.23. The molecule has 168 valence electrons. The number of ether oxygens (including phenoxy) is 2. The second kappa shape index (κ2) is 9.43. The Balaban J connectivity index is 1.62. The lowest BCUT2D eigenvalue weighted by Gasteiger charge is -2.12. The summed E-state index contributed by atoms with van der Waals surface area (Å²) in [6, 6.07) is 13.7. The Kier molecular flexibility index (Phi) is 6.25. The van der Waals surface area contributed by atoms with Gasteiger partial charge >= 0.3 is 6.61 Å². The van der Waals surface area contributed by atoms with E-state index in [1.807, 2.05) is 30.3 Å². The molecule has 33 heavy (non-hydrogen) atoms. The van der Waals surface area contributed by atoms with Crippen LogP contribution in [0.15, 0.2) is 65.4 Å². The predicted molar refractivity (Wildman–Crippen MR) is 115 cm³/mol. The summed E-state index contributed by atoms with van der Waals surface area (Å²) in [5.74, 6) is -0.0697. The van der Waals surface area contributed by atoms with Crippen LogP contribution in [-0.4, -0.2) is 34.8 Å². The number of carbonyl (C=O) groups is 1. The molecule has 0 aliphatic heterocycles. The van der Waals surface area contributed by atoms with Gasteiger partial charge in [0.05, 0.1) is 19.0 Å². The maximum Gasteiger partial charge on any atom is 0.387 e. The van der Waals surface area contributed by atoms with Crippen LogP contribution in [0.25, 0.3) is 22.5 Å². The van der Waals surface area contributed by atoms with Crippen LogP contribution < -0.4 is 14.8 Å². The highest BCUT2D eigenvalue weighted by Crippen LogP contribution is 2.31. The van der Waals surface area contributed by atoms with Gasteiger partial charge in [-0.2, -0.15) is 8.78 Å². The number of pyridine rings is 2. The first-order valence-electron chi connectivity index (χ1n) is 9.74. The fourth-order valence-electron chi connectivity index (χ4n) is 3.20. The number of aromatic nitrogens is 3. The van der Waals surface area contributed by atoms with Crippen LogP contribution >= 0.6 is 0 Å². The number of hydrogen-bond donors (Lipinski definition) is 1. The van der Waals surface area contributed by atoms with Crippen LogP contribution in [0, 0.1) is 6.92 Å². The molecule has 0 spiro atoms. The number of anilines is 1. The van der Waals surface area contributed by atoms with Gasteiger partial charge in [-0.3, -0.25) is 9.78 Å². The Hall–Kier alpha value is -4.34. The van der Waals surface area contributed by atoms with Crippen LogP contribution in [-0.2, 0) is 0 Å². The number of rotatable bonds is 7. The molecule has 0 radical (unpaired) electrons. The van der Waals surface area contributed by atoms with Gasteiger partial charge in [-0.25, -0.2) is 4.98 Å². The number of halogens is 2. The van der Waals surface area contributed by atoms with Gasteiger partial charge in [0.15, 0.2) is 0 Å². The minimum absolute atomic E-state index is 0.1000. The summed E-state index contributed by atoms with van der Waals surface area (Å²) in [6.07, 6.45) is 2.62. The summed E-state index contributed by atoms with van der Waals surface area (Å²) in [6.45, 7) is -1.32. The number of benzene rings is 1. The number of nitrogens with zero attached hydrogens (tertiary/aromatic N) is 3. The van der Waals surface area contributed by atoms with Gasteiger partial charge in [-0.15, -0.1) is 0 Å². The van der Waals surface area contributed by atoms with Gasteiger partial charge in [-0.1, -0.05) is 35.5 Å². The molecule has 0 atom stereocenters. The first-order valence-corrected chi connectivity index (χ1v) is 9.74. The number of nitrogens with one attached hydrogen (secondary N) is 1. The van der Waals surface area contributed by atoms with Crippen molar-refractivity contribution in [1.82, 2.24) is 15.1 Å². The summed E-state index contributed by atoms with van der Waals surface area (Å²) < 4.78 is 39.9. The number of hydrogen-bond acceptors (Lipinski definition) is 7. The molecule has 1 aromatic carbocycles. The molecule has 0 aliphatic carbocycles. The molecule has 8 nitrogen and oxygen atoms in total. The first kappa shape index (κ1) is 21.9. The normalized spacial score (nSPS) is 10.8. The van der Waals surface area contributed by atoms with Gasteiger partial charge in [0.25, 0.3) is 5.91 Å². The van der Waals surface area contributed by atoms with E-state index in [0.29, 0.717) is 28.4 Å². The third-order valence-corrected chi connectivity index (χ3v) is 4.67. The summed E-state index contributed by atoms with van der Waals surface area (Å²) in [4.78, 5) is 21.3. The van der Waals surface area contributed by atoms with Crippen molar-refractivity contribution in [2.75, 3.05) is 12.4 Å². The Morgan fingerprint density at radius 2 is 1.88 bits per heavy atom. The second-order valence-electron chi connectivity index (χ2n) is 6.82. The molecule has 0 aliphatic rings. The van der Waals surface area contributed by atoms with Crippen molar-refractivity contribution in [3.8, 4) is 34.1 Å². The highest BCUT2D eigenvalue weighted by atomic mass is 19.3. The minimum atomic E-state index is -2.97. The van der Waals surface area contributed by atoms with Crippen molar-refractivity contribution in [3.63, 3.8) is 0 Å². The van der Waals surface area contributed by atoms with E-state index in [1.54, 1.807) is 19.1 Å². The lowest BCUT2D eigenvalue weighted by molar-refractivity contribution is -0.0500. The van der Waals surface area contributed by atoms with E-state index in [4.69, 9.17) is 9.26 Å². The Morgan fingerprint density at radius 3 is 2.61 bits per heavy atom. The molecule has 3 heterocycles. The van der Waals surface area contributed by atoms with Crippen molar-refractivity contribution in [1.29, 1.82) is 0 Å². The zero-order chi connectivity index (χ0) is 23.4. The molecule has 1 amide bonds. The van der Waals surface area contributed by atoms with Crippen molar-refractivity contribution < 1.29 is 27.6 Å². The lowest BCUT2D eigenvalue weighted by Crippen LogP contribution is -2.14. The van der Waals surface area contributed by atoms with Crippen LogP contribution in [0.5, 0.6) is 11.6 Å². The van der Waals surface area contributed by atoms with E-state index >= 15 is 0 Å². The largest absolute Gasteiger partial charge is 0.479 e.